The van der Waals surface area contributed by atoms with Crippen LogP contribution in [0, 0.1) is 23.2 Å². The van der Waals surface area contributed by atoms with Crippen molar-refractivity contribution in [1.29, 1.82) is 0 Å². The van der Waals surface area contributed by atoms with Gasteiger partial charge >= 0.3 is 5.97 Å². The number of aliphatic hydroxyl groups is 1. The number of rotatable bonds is 7. The second-order valence-electron chi connectivity index (χ2n) is 13.2. The fraction of sp³-hybridized carbons (Fsp3) is 0.774. The fourth-order valence-electron chi connectivity index (χ4n) is 7.67. The summed E-state index contributed by atoms with van der Waals surface area (Å²) in [5, 5.41) is 10.6. The van der Waals surface area contributed by atoms with E-state index < -0.39 is 35.3 Å². The van der Waals surface area contributed by atoms with Crippen molar-refractivity contribution in [3.63, 3.8) is 0 Å². The number of fused-ring (bicyclic) bond motifs is 3. The van der Waals surface area contributed by atoms with Crippen molar-refractivity contribution < 1.29 is 38.4 Å². The number of hydrogen-bond donors (Lipinski definition) is 1. The predicted molar refractivity (Wildman–Crippen MR) is 145 cm³/mol. The maximum atomic E-state index is 14.0. The van der Waals surface area contributed by atoms with E-state index in [1.807, 2.05) is 27.7 Å². The van der Waals surface area contributed by atoms with Crippen molar-refractivity contribution in [2.45, 2.75) is 123 Å². The van der Waals surface area contributed by atoms with Gasteiger partial charge in [-0.1, -0.05) is 34.1 Å². The highest BCUT2D eigenvalue weighted by molar-refractivity contribution is 6.22. The standard InChI is InChI=1S/C31H46O8/c1-10-16(2)25(37-18(4)32)17(3)19-15-20(33)23-26(24(19)34)39-31(8)14-12-22-30(7,28(31)27(23)36-9)13-11-21(38-22)29(5,6)35/h15-17,21-22,25,27-28,35H,10-14H2,1-9H3/t16-,17-,21+,22+,25+,27+,28+,30-,31-/m0/s1. The van der Waals surface area contributed by atoms with Crippen molar-refractivity contribution in [3.05, 3.63) is 23.0 Å². The van der Waals surface area contributed by atoms with Crippen LogP contribution in [0.15, 0.2) is 23.0 Å². The molecule has 0 aromatic heterocycles. The summed E-state index contributed by atoms with van der Waals surface area (Å²) in [7, 11) is 1.58. The van der Waals surface area contributed by atoms with Crippen LogP contribution in [-0.2, 0) is 33.3 Å². The van der Waals surface area contributed by atoms with Crippen molar-refractivity contribution in [3.8, 4) is 0 Å². The van der Waals surface area contributed by atoms with Crippen LogP contribution < -0.4 is 0 Å². The van der Waals surface area contributed by atoms with Crippen LogP contribution in [0.2, 0.25) is 0 Å². The lowest BCUT2D eigenvalue weighted by molar-refractivity contribution is -0.262. The number of methoxy groups -OCH3 is 1. The number of hydrogen-bond acceptors (Lipinski definition) is 8. The van der Waals surface area contributed by atoms with Gasteiger partial charge in [0, 0.05) is 36.9 Å². The predicted octanol–water partition coefficient (Wildman–Crippen LogP) is 4.47. The number of allylic oxidation sites excluding steroid dienone is 2. The van der Waals surface area contributed by atoms with E-state index in [2.05, 4.69) is 6.92 Å². The summed E-state index contributed by atoms with van der Waals surface area (Å²) in [6.45, 7) is 14.9. The Morgan fingerprint density at radius 3 is 2.44 bits per heavy atom. The topological polar surface area (TPSA) is 108 Å². The fourth-order valence-corrected chi connectivity index (χ4v) is 7.67. The molecule has 2 fully saturated rings. The van der Waals surface area contributed by atoms with Gasteiger partial charge in [0.1, 0.15) is 11.7 Å². The third-order valence-electron chi connectivity index (χ3n) is 10.0. The molecule has 0 aromatic rings. The Morgan fingerprint density at radius 2 is 1.87 bits per heavy atom. The van der Waals surface area contributed by atoms with Crippen LogP contribution in [0.5, 0.6) is 0 Å². The Hall–Kier alpha value is -2.03. The first-order valence-corrected chi connectivity index (χ1v) is 14.4. The van der Waals surface area contributed by atoms with Crippen molar-refractivity contribution >= 4 is 17.5 Å². The first kappa shape index (κ1) is 29.9. The summed E-state index contributed by atoms with van der Waals surface area (Å²) in [5.41, 5.74) is -1.52. The molecular formula is C31H46O8. The summed E-state index contributed by atoms with van der Waals surface area (Å²) >= 11 is 0. The molecule has 1 saturated carbocycles. The lowest BCUT2D eigenvalue weighted by atomic mass is 9.52. The average Bonchev–Trinajstić information content (AvgIpc) is 2.85. The Morgan fingerprint density at radius 1 is 1.21 bits per heavy atom. The minimum Gasteiger partial charge on any atom is -0.482 e. The summed E-state index contributed by atoms with van der Waals surface area (Å²) in [4.78, 5) is 39.6. The van der Waals surface area contributed by atoms with E-state index in [4.69, 9.17) is 18.9 Å². The number of carbonyl (C=O) groups is 3. The Balaban J connectivity index is 1.71. The van der Waals surface area contributed by atoms with Gasteiger partial charge < -0.3 is 24.1 Å². The van der Waals surface area contributed by atoms with E-state index in [9.17, 15) is 19.5 Å². The first-order chi connectivity index (χ1) is 18.1. The van der Waals surface area contributed by atoms with Gasteiger partial charge in [0.15, 0.2) is 11.5 Å². The second kappa shape index (κ2) is 10.4. The van der Waals surface area contributed by atoms with Crippen LogP contribution in [-0.4, -0.2) is 65.4 Å². The van der Waals surface area contributed by atoms with Crippen LogP contribution in [0.1, 0.15) is 87.5 Å². The van der Waals surface area contributed by atoms with E-state index in [1.54, 1.807) is 21.0 Å². The van der Waals surface area contributed by atoms with Crippen molar-refractivity contribution in [2.75, 3.05) is 7.11 Å². The number of Topliss-reactive ketones (excluding diaryl/α,β-unsaturated/α-hetero) is 1. The van der Waals surface area contributed by atoms with Gasteiger partial charge in [-0.3, -0.25) is 14.4 Å². The molecule has 2 aliphatic heterocycles. The number of ether oxygens (including phenoxy) is 4. The SMILES string of the molecule is CC[C@H](C)[C@@H](OC(C)=O)[C@@H](C)C1=CC(=O)C2=C(O[C@@]3(C)CC[C@H]4O[C@@H](C(C)(C)O)CC[C@]4(C)[C@H]3[C@@H]2OC)C1=O. The molecule has 0 aromatic carbocycles. The average molecular weight is 547 g/mol. The van der Waals surface area contributed by atoms with E-state index in [0.29, 0.717) is 24.8 Å². The molecule has 1 saturated heterocycles. The normalized spacial score (nSPS) is 37.0. The Labute approximate surface area is 232 Å². The second-order valence-corrected chi connectivity index (χ2v) is 13.2. The van der Waals surface area contributed by atoms with E-state index in [0.717, 1.165) is 12.8 Å². The zero-order chi connectivity index (χ0) is 29.1. The van der Waals surface area contributed by atoms with E-state index in [1.165, 1.54) is 13.0 Å². The molecule has 0 unspecified atom stereocenters. The molecule has 4 aliphatic rings. The Kier molecular flexibility index (Phi) is 8.00. The zero-order valence-electron chi connectivity index (χ0n) is 25.0. The highest BCUT2D eigenvalue weighted by atomic mass is 16.5. The zero-order valence-corrected chi connectivity index (χ0v) is 25.0. The molecule has 39 heavy (non-hydrogen) atoms. The molecule has 8 nitrogen and oxygen atoms in total. The van der Waals surface area contributed by atoms with Gasteiger partial charge in [-0.15, -0.1) is 0 Å². The van der Waals surface area contributed by atoms with Crippen LogP contribution in [0.25, 0.3) is 0 Å². The van der Waals surface area contributed by atoms with Crippen molar-refractivity contribution in [2.24, 2.45) is 23.2 Å². The molecule has 9 atom stereocenters. The van der Waals surface area contributed by atoms with Gasteiger partial charge in [-0.2, -0.15) is 0 Å². The summed E-state index contributed by atoms with van der Waals surface area (Å²) < 4.78 is 24.8. The number of ketones is 2. The molecule has 0 radical (unpaired) electrons. The van der Waals surface area contributed by atoms with Gasteiger partial charge in [0.05, 0.1) is 29.5 Å². The van der Waals surface area contributed by atoms with Gasteiger partial charge in [0.2, 0.25) is 5.78 Å². The summed E-state index contributed by atoms with van der Waals surface area (Å²) in [5.74, 6) is -1.71. The lowest BCUT2D eigenvalue weighted by Crippen LogP contribution is -2.66. The maximum Gasteiger partial charge on any atom is 0.302 e. The molecule has 1 N–H and O–H groups in total. The molecule has 4 rings (SSSR count). The minimum atomic E-state index is -0.954. The van der Waals surface area contributed by atoms with Crippen LogP contribution in [0.4, 0.5) is 0 Å². The molecule has 0 amide bonds. The quantitative estimate of drug-likeness (QED) is 0.368. The van der Waals surface area contributed by atoms with Crippen LogP contribution in [0.3, 0.4) is 0 Å². The van der Waals surface area contributed by atoms with Gasteiger partial charge in [-0.05, 0) is 58.4 Å². The smallest absolute Gasteiger partial charge is 0.302 e. The first-order valence-electron chi connectivity index (χ1n) is 14.4. The molecule has 218 valence electrons. The highest BCUT2D eigenvalue weighted by Crippen LogP contribution is 2.60. The minimum absolute atomic E-state index is 0.00164. The summed E-state index contributed by atoms with van der Waals surface area (Å²) in [6.07, 6.45) is 3.33. The van der Waals surface area contributed by atoms with E-state index in [-0.39, 0.29) is 52.4 Å². The lowest BCUT2D eigenvalue weighted by Gasteiger charge is -2.62. The monoisotopic (exact) mass is 546 g/mol. The molecule has 0 spiro atoms. The van der Waals surface area contributed by atoms with Gasteiger partial charge in [-0.25, -0.2) is 0 Å². The third-order valence-corrected chi connectivity index (χ3v) is 10.0. The maximum absolute atomic E-state index is 14.0. The van der Waals surface area contributed by atoms with Gasteiger partial charge in [0.25, 0.3) is 0 Å². The number of esters is 1. The largest absolute Gasteiger partial charge is 0.482 e. The Bertz CT molecular complexity index is 1080. The summed E-state index contributed by atoms with van der Waals surface area (Å²) in [6, 6.07) is 0. The molecule has 2 aliphatic carbocycles. The molecule has 2 heterocycles. The molecule has 0 bridgehead atoms. The third kappa shape index (κ3) is 5.02. The number of carbonyl (C=O) groups excluding carboxylic acids is 3. The van der Waals surface area contributed by atoms with E-state index >= 15 is 0 Å². The van der Waals surface area contributed by atoms with Crippen molar-refractivity contribution in [1.82, 2.24) is 0 Å². The van der Waals surface area contributed by atoms with Crippen LogP contribution >= 0.6 is 0 Å². The molecule has 8 heteroatoms. The highest BCUT2D eigenvalue weighted by Gasteiger charge is 2.65. The molecular weight excluding hydrogens is 500 g/mol.